The molecule has 26 heavy (non-hydrogen) atoms. The molecule has 1 aliphatic rings. The lowest BCUT2D eigenvalue weighted by atomic mass is 9.76. The Bertz CT molecular complexity index is 608. The topological polar surface area (TPSA) is 27.7 Å². The SMILES string of the molecule is CCOC(O[SiH3])(OCC)C1CCCC(c2c(F)c(F)c(F)c(F)c2F)C1. The summed E-state index contributed by atoms with van der Waals surface area (Å²) in [6, 6.07) is 0. The summed E-state index contributed by atoms with van der Waals surface area (Å²) in [5.41, 5.74) is -0.763. The summed E-state index contributed by atoms with van der Waals surface area (Å²) in [7, 11) is 0.296. The Morgan fingerprint density at radius 3 is 1.85 bits per heavy atom. The van der Waals surface area contributed by atoms with Gasteiger partial charge < -0.3 is 13.9 Å². The second-order valence-corrected chi connectivity index (χ2v) is 6.63. The molecular formula is C17H23F5O3Si. The molecule has 0 aliphatic heterocycles. The second kappa shape index (κ2) is 8.77. The number of hydrogen-bond acceptors (Lipinski definition) is 3. The molecule has 0 amide bonds. The van der Waals surface area contributed by atoms with E-state index < -0.39 is 46.5 Å². The number of rotatable bonds is 7. The van der Waals surface area contributed by atoms with Crippen LogP contribution in [0.25, 0.3) is 0 Å². The third-order valence-electron chi connectivity index (χ3n) is 4.80. The van der Waals surface area contributed by atoms with Crippen molar-refractivity contribution in [3.8, 4) is 0 Å². The quantitative estimate of drug-likeness (QED) is 0.231. The van der Waals surface area contributed by atoms with Crippen LogP contribution in [0.4, 0.5) is 22.0 Å². The average molecular weight is 398 g/mol. The van der Waals surface area contributed by atoms with Gasteiger partial charge in [-0.25, -0.2) is 22.0 Å². The molecule has 1 aliphatic carbocycles. The van der Waals surface area contributed by atoms with Gasteiger partial charge in [0.1, 0.15) is 0 Å². The van der Waals surface area contributed by atoms with E-state index in [1.54, 1.807) is 13.8 Å². The molecule has 2 unspecified atom stereocenters. The van der Waals surface area contributed by atoms with Crippen LogP contribution in [-0.2, 0) is 13.9 Å². The van der Waals surface area contributed by atoms with Gasteiger partial charge in [-0.3, -0.25) is 0 Å². The first-order chi connectivity index (χ1) is 12.3. The van der Waals surface area contributed by atoms with Crippen molar-refractivity contribution in [3.05, 3.63) is 34.6 Å². The molecule has 9 heteroatoms. The molecule has 0 saturated heterocycles. The lowest BCUT2D eigenvalue weighted by Crippen LogP contribution is -2.47. The van der Waals surface area contributed by atoms with Crippen LogP contribution in [0.3, 0.4) is 0 Å². The standard InChI is InChI=1S/C17H23F5O3Si/c1-3-23-17(25-26,24-4-2)10-7-5-6-9(8-10)11-12(18)14(20)16(22)15(21)13(11)19/h9-10H,3-8H2,1-2,26H3. The molecule has 2 atom stereocenters. The largest absolute Gasteiger partial charge is 0.380 e. The molecule has 0 N–H and O–H groups in total. The molecule has 148 valence electrons. The van der Waals surface area contributed by atoms with Crippen molar-refractivity contribution in [1.82, 2.24) is 0 Å². The minimum Gasteiger partial charge on any atom is -0.380 e. The average Bonchev–Trinajstić information content (AvgIpc) is 2.65. The second-order valence-electron chi connectivity index (χ2n) is 6.22. The Morgan fingerprint density at radius 2 is 1.38 bits per heavy atom. The van der Waals surface area contributed by atoms with Gasteiger partial charge in [0.15, 0.2) is 33.8 Å². The van der Waals surface area contributed by atoms with Crippen molar-refractivity contribution in [2.75, 3.05) is 13.2 Å². The molecule has 1 aromatic rings. The Kier molecular flexibility index (Phi) is 7.17. The van der Waals surface area contributed by atoms with E-state index in [4.69, 9.17) is 13.9 Å². The fourth-order valence-electron chi connectivity index (χ4n) is 3.72. The van der Waals surface area contributed by atoms with E-state index >= 15 is 0 Å². The van der Waals surface area contributed by atoms with Gasteiger partial charge in [0.25, 0.3) is 5.97 Å². The Labute approximate surface area is 152 Å². The summed E-state index contributed by atoms with van der Waals surface area (Å²) in [5.74, 6) is -12.1. The molecule has 0 spiro atoms. The highest BCUT2D eigenvalue weighted by Gasteiger charge is 2.45. The van der Waals surface area contributed by atoms with Crippen LogP contribution in [0.5, 0.6) is 0 Å². The first kappa shape index (κ1) is 21.3. The number of hydrogen-bond donors (Lipinski definition) is 0. The number of ether oxygens (including phenoxy) is 2. The van der Waals surface area contributed by atoms with Crippen LogP contribution in [0.1, 0.15) is 51.0 Å². The minimum absolute atomic E-state index is 0.139. The summed E-state index contributed by atoms with van der Waals surface area (Å²) < 4.78 is 85.7. The van der Waals surface area contributed by atoms with Crippen LogP contribution < -0.4 is 0 Å². The van der Waals surface area contributed by atoms with E-state index in [-0.39, 0.29) is 12.3 Å². The molecule has 3 nitrogen and oxygen atoms in total. The smallest absolute Gasteiger partial charge is 0.275 e. The van der Waals surface area contributed by atoms with Crippen LogP contribution >= 0.6 is 0 Å². The van der Waals surface area contributed by atoms with E-state index in [9.17, 15) is 22.0 Å². The van der Waals surface area contributed by atoms with E-state index in [2.05, 4.69) is 0 Å². The Morgan fingerprint density at radius 1 is 0.885 bits per heavy atom. The van der Waals surface area contributed by atoms with Crippen molar-refractivity contribution in [1.29, 1.82) is 0 Å². The zero-order valence-corrected chi connectivity index (χ0v) is 17.0. The highest BCUT2D eigenvalue weighted by molar-refractivity contribution is 5.98. The van der Waals surface area contributed by atoms with Crippen LogP contribution in [0.15, 0.2) is 0 Å². The summed E-state index contributed by atoms with van der Waals surface area (Å²) in [6.07, 6.45) is 1.58. The van der Waals surface area contributed by atoms with Crippen molar-refractivity contribution in [2.24, 2.45) is 5.92 Å². The molecule has 1 aromatic carbocycles. The fourth-order valence-corrected chi connectivity index (χ4v) is 4.29. The molecule has 0 aromatic heterocycles. The third kappa shape index (κ3) is 3.81. The summed E-state index contributed by atoms with van der Waals surface area (Å²) in [6.45, 7) is 4.12. The Hall–Kier alpha value is -1.03. The molecule has 0 bridgehead atoms. The van der Waals surface area contributed by atoms with E-state index in [1.807, 2.05) is 0 Å². The molecule has 0 radical (unpaired) electrons. The molecule has 1 saturated carbocycles. The van der Waals surface area contributed by atoms with Crippen LogP contribution in [0, 0.1) is 35.0 Å². The van der Waals surface area contributed by atoms with Gasteiger partial charge in [0.2, 0.25) is 5.82 Å². The zero-order chi connectivity index (χ0) is 19.5. The predicted molar refractivity (Wildman–Crippen MR) is 87.9 cm³/mol. The highest BCUT2D eigenvalue weighted by Crippen LogP contribution is 2.45. The highest BCUT2D eigenvalue weighted by atomic mass is 28.2. The fraction of sp³-hybridized carbons (Fsp3) is 0.647. The molecular weight excluding hydrogens is 375 g/mol. The first-order valence-electron chi connectivity index (χ1n) is 8.67. The third-order valence-corrected chi connectivity index (χ3v) is 5.37. The Balaban J connectivity index is 2.39. The predicted octanol–water partition coefficient (Wildman–Crippen LogP) is 3.68. The van der Waals surface area contributed by atoms with Gasteiger partial charge in [0, 0.05) is 24.7 Å². The summed E-state index contributed by atoms with van der Waals surface area (Å²) in [4.78, 5) is 0. The molecule has 2 rings (SSSR count). The number of halogens is 5. The van der Waals surface area contributed by atoms with Gasteiger partial charge in [-0.1, -0.05) is 6.42 Å². The van der Waals surface area contributed by atoms with Crippen molar-refractivity contribution < 1.29 is 35.9 Å². The van der Waals surface area contributed by atoms with E-state index in [0.29, 0.717) is 43.0 Å². The zero-order valence-electron chi connectivity index (χ0n) is 15.0. The van der Waals surface area contributed by atoms with Gasteiger partial charge in [-0.05, 0) is 39.0 Å². The summed E-state index contributed by atoms with van der Waals surface area (Å²) in [5, 5.41) is 0. The molecule has 1 fully saturated rings. The maximum absolute atomic E-state index is 14.2. The summed E-state index contributed by atoms with van der Waals surface area (Å²) >= 11 is 0. The van der Waals surface area contributed by atoms with E-state index in [1.165, 1.54) is 0 Å². The molecule has 0 heterocycles. The van der Waals surface area contributed by atoms with Crippen LogP contribution in [0.2, 0.25) is 0 Å². The van der Waals surface area contributed by atoms with Crippen molar-refractivity contribution in [3.63, 3.8) is 0 Å². The maximum atomic E-state index is 14.2. The lowest BCUT2D eigenvalue weighted by molar-refractivity contribution is -0.371. The van der Waals surface area contributed by atoms with E-state index in [0.717, 1.165) is 0 Å². The van der Waals surface area contributed by atoms with Gasteiger partial charge in [0.05, 0.1) is 0 Å². The van der Waals surface area contributed by atoms with Gasteiger partial charge >= 0.3 is 0 Å². The van der Waals surface area contributed by atoms with Gasteiger partial charge in [-0.15, -0.1) is 0 Å². The number of benzene rings is 1. The van der Waals surface area contributed by atoms with Crippen molar-refractivity contribution in [2.45, 2.75) is 51.4 Å². The van der Waals surface area contributed by atoms with Crippen LogP contribution in [-0.4, -0.2) is 29.7 Å². The lowest BCUT2D eigenvalue weighted by Gasteiger charge is -2.42. The normalized spacial score (nSPS) is 21.3. The minimum atomic E-state index is -2.14. The van der Waals surface area contributed by atoms with Crippen molar-refractivity contribution >= 4 is 10.5 Å². The first-order valence-corrected chi connectivity index (χ1v) is 9.48. The van der Waals surface area contributed by atoms with Gasteiger partial charge in [-0.2, -0.15) is 0 Å². The monoisotopic (exact) mass is 398 g/mol. The maximum Gasteiger partial charge on any atom is 0.275 e.